The molecule has 1 N–H and O–H groups in total. The zero-order valence-corrected chi connectivity index (χ0v) is 10.7. The van der Waals surface area contributed by atoms with E-state index in [4.69, 9.17) is 0 Å². The topological polar surface area (TPSA) is 24.9 Å². The highest BCUT2D eigenvalue weighted by atomic mass is 19.1. The minimum Gasteiger partial charge on any atom is -0.311 e. The average Bonchev–Trinajstić information content (AvgIpc) is 2.38. The number of rotatable bonds is 4. The Morgan fingerprint density at radius 2 is 1.89 bits per heavy atom. The molecule has 2 aromatic rings. The van der Waals surface area contributed by atoms with Gasteiger partial charge in [-0.15, -0.1) is 0 Å². The number of nitrogens with one attached hydrogen (secondary N) is 1. The van der Waals surface area contributed by atoms with Gasteiger partial charge in [0.25, 0.3) is 0 Å². The fraction of sp³-hybridized carbons (Fsp3) is 0.267. The molecule has 18 heavy (non-hydrogen) atoms. The lowest BCUT2D eigenvalue weighted by Crippen LogP contribution is -2.20. The van der Waals surface area contributed by atoms with Crippen LogP contribution in [0.5, 0.6) is 0 Å². The van der Waals surface area contributed by atoms with Crippen molar-refractivity contribution in [1.29, 1.82) is 0 Å². The molecule has 94 valence electrons. The summed E-state index contributed by atoms with van der Waals surface area (Å²) in [7, 11) is 1.91. The van der Waals surface area contributed by atoms with Gasteiger partial charge in [-0.05, 0) is 50.2 Å². The quantitative estimate of drug-likeness (QED) is 0.894. The van der Waals surface area contributed by atoms with E-state index in [9.17, 15) is 4.39 Å². The number of hydrogen-bond donors (Lipinski definition) is 1. The summed E-state index contributed by atoms with van der Waals surface area (Å²) in [5.74, 6) is -0.201. The number of aromatic nitrogens is 1. The molecule has 0 spiro atoms. The number of pyridine rings is 1. The fourth-order valence-corrected chi connectivity index (χ4v) is 1.97. The Kier molecular flexibility index (Phi) is 4.05. The summed E-state index contributed by atoms with van der Waals surface area (Å²) in [6.07, 6.45) is 0.799. The first-order valence-electron chi connectivity index (χ1n) is 6.04. The molecule has 1 unspecified atom stereocenters. The number of halogens is 1. The van der Waals surface area contributed by atoms with Gasteiger partial charge < -0.3 is 5.32 Å². The third kappa shape index (κ3) is 3.14. The van der Waals surface area contributed by atoms with Crippen molar-refractivity contribution in [2.75, 3.05) is 7.05 Å². The Balaban J connectivity index is 2.17. The van der Waals surface area contributed by atoms with E-state index in [2.05, 4.69) is 10.3 Å². The summed E-state index contributed by atoms with van der Waals surface area (Å²) in [6, 6.07) is 12.8. The molecule has 0 aliphatic carbocycles. The minimum atomic E-state index is -0.201. The van der Waals surface area contributed by atoms with Crippen molar-refractivity contribution >= 4 is 0 Å². The predicted molar refractivity (Wildman–Crippen MR) is 70.9 cm³/mol. The van der Waals surface area contributed by atoms with Crippen LogP contribution in [-0.4, -0.2) is 12.0 Å². The SMILES string of the molecule is CNC(Cc1ccc(F)cc1)c1cccc(C)n1. The Bertz CT molecular complexity index is 508. The highest BCUT2D eigenvalue weighted by molar-refractivity contribution is 5.21. The van der Waals surface area contributed by atoms with Gasteiger partial charge in [0.1, 0.15) is 5.82 Å². The van der Waals surface area contributed by atoms with Crippen LogP contribution in [0.15, 0.2) is 42.5 Å². The van der Waals surface area contributed by atoms with Crippen molar-refractivity contribution in [2.24, 2.45) is 0 Å². The van der Waals surface area contributed by atoms with Gasteiger partial charge in [-0.2, -0.15) is 0 Å². The van der Waals surface area contributed by atoms with Crippen LogP contribution in [0.2, 0.25) is 0 Å². The van der Waals surface area contributed by atoms with Crippen molar-refractivity contribution in [2.45, 2.75) is 19.4 Å². The van der Waals surface area contributed by atoms with E-state index in [0.717, 1.165) is 23.4 Å². The van der Waals surface area contributed by atoms with Crippen molar-refractivity contribution in [3.63, 3.8) is 0 Å². The highest BCUT2D eigenvalue weighted by Gasteiger charge is 2.11. The van der Waals surface area contributed by atoms with Gasteiger partial charge in [0.05, 0.1) is 11.7 Å². The monoisotopic (exact) mass is 244 g/mol. The minimum absolute atomic E-state index is 0.148. The molecule has 0 aliphatic rings. The van der Waals surface area contributed by atoms with Crippen LogP contribution >= 0.6 is 0 Å². The zero-order valence-electron chi connectivity index (χ0n) is 10.7. The summed E-state index contributed by atoms with van der Waals surface area (Å²) in [5, 5.41) is 3.25. The van der Waals surface area contributed by atoms with Crippen LogP contribution in [0.4, 0.5) is 4.39 Å². The van der Waals surface area contributed by atoms with Gasteiger partial charge in [0.15, 0.2) is 0 Å². The van der Waals surface area contributed by atoms with Gasteiger partial charge in [0.2, 0.25) is 0 Å². The average molecular weight is 244 g/mol. The molecule has 1 aromatic carbocycles. The molecule has 1 aromatic heterocycles. The third-order valence-corrected chi connectivity index (χ3v) is 2.97. The van der Waals surface area contributed by atoms with E-state index in [-0.39, 0.29) is 11.9 Å². The Morgan fingerprint density at radius 1 is 1.17 bits per heavy atom. The van der Waals surface area contributed by atoms with Gasteiger partial charge in [-0.25, -0.2) is 4.39 Å². The second kappa shape index (κ2) is 5.74. The summed E-state index contributed by atoms with van der Waals surface area (Å²) in [6.45, 7) is 1.98. The zero-order chi connectivity index (χ0) is 13.0. The third-order valence-electron chi connectivity index (χ3n) is 2.97. The number of nitrogens with zero attached hydrogens (tertiary/aromatic N) is 1. The maximum atomic E-state index is 12.9. The lowest BCUT2D eigenvalue weighted by molar-refractivity contribution is 0.572. The molecule has 0 saturated carbocycles. The number of benzene rings is 1. The van der Waals surface area contributed by atoms with Gasteiger partial charge >= 0.3 is 0 Å². The van der Waals surface area contributed by atoms with Crippen LogP contribution in [0.3, 0.4) is 0 Å². The summed E-state index contributed by atoms with van der Waals surface area (Å²) in [4.78, 5) is 4.52. The molecule has 0 fully saturated rings. The fourth-order valence-electron chi connectivity index (χ4n) is 1.97. The molecule has 0 amide bonds. The molecule has 0 aliphatic heterocycles. The molecule has 2 rings (SSSR count). The Morgan fingerprint density at radius 3 is 2.50 bits per heavy atom. The molecule has 2 nitrogen and oxygen atoms in total. The predicted octanol–water partition coefficient (Wildman–Crippen LogP) is 3.03. The molecular formula is C15H17FN2. The van der Waals surface area contributed by atoms with Crippen molar-refractivity contribution in [3.8, 4) is 0 Å². The molecule has 1 heterocycles. The Hall–Kier alpha value is -1.74. The van der Waals surface area contributed by atoms with Gasteiger partial charge in [-0.3, -0.25) is 4.98 Å². The van der Waals surface area contributed by atoms with E-state index >= 15 is 0 Å². The first kappa shape index (κ1) is 12.7. The van der Waals surface area contributed by atoms with Crippen molar-refractivity contribution in [3.05, 3.63) is 65.2 Å². The van der Waals surface area contributed by atoms with Crippen molar-refractivity contribution < 1.29 is 4.39 Å². The van der Waals surface area contributed by atoms with Crippen LogP contribution in [-0.2, 0) is 6.42 Å². The Labute approximate surface area is 107 Å². The molecule has 3 heteroatoms. The van der Waals surface area contributed by atoms with E-state index < -0.39 is 0 Å². The second-order valence-corrected chi connectivity index (χ2v) is 4.38. The van der Waals surface area contributed by atoms with E-state index in [1.807, 2.05) is 44.3 Å². The standard InChI is InChI=1S/C15H17FN2/c1-11-4-3-5-14(18-11)15(17-2)10-12-6-8-13(16)9-7-12/h3-9,15,17H,10H2,1-2H3. The first-order chi connectivity index (χ1) is 8.69. The van der Waals surface area contributed by atoms with Crippen molar-refractivity contribution in [1.82, 2.24) is 10.3 Å². The van der Waals surface area contributed by atoms with Gasteiger partial charge in [-0.1, -0.05) is 18.2 Å². The first-order valence-corrected chi connectivity index (χ1v) is 6.04. The maximum Gasteiger partial charge on any atom is 0.123 e. The molecule has 0 radical (unpaired) electrons. The molecular weight excluding hydrogens is 227 g/mol. The summed E-state index contributed by atoms with van der Waals surface area (Å²) in [5.41, 5.74) is 3.12. The lowest BCUT2D eigenvalue weighted by Gasteiger charge is -2.16. The lowest BCUT2D eigenvalue weighted by atomic mass is 10.0. The maximum absolute atomic E-state index is 12.9. The summed E-state index contributed by atoms with van der Waals surface area (Å²) >= 11 is 0. The van der Waals surface area contributed by atoms with Crippen LogP contribution in [0.1, 0.15) is 23.0 Å². The highest BCUT2D eigenvalue weighted by Crippen LogP contribution is 2.17. The summed E-state index contributed by atoms with van der Waals surface area (Å²) < 4.78 is 12.9. The van der Waals surface area contributed by atoms with Gasteiger partial charge in [0, 0.05) is 5.69 Å². The van der Waals surface area contributed by atoms with Crippen LogP contribution in [0, 0.1) is 12.7 Å². The van der Waals surface area contributed by atoms with Crippen LogP contribution in [0.25, 0.3) is 0 Å². The number of likely N-dealkylation sites (N-methyl/N-ethyl adjacent to an activating group) is 1. The normalized spacial score (nSPS) is 12.4. The number of hydrogen-bond acceptors (Lipinski definition) is 2. The van der Waals surface area contributed by atoms with Crippen LogP contribution < -0.4 is 5.32 Å². The van der Waals surface area contributed by atoms with E-state index in [1.54, 1.807) is 0 Å². The number of aryl methyl sites for hydroxylation is 1. The second-order valence-electron chi connectivity index (χ2n) is 4.38. The smallest absolute Gasteiger partial charge is 0.123 e. The largest absolute Gasteiger partial charge is 0.311 e. The molecule has 1 atom stereocenters. The molecule has 0 saturated heterocycles. The molecule has 0 bridgehead atoms. The van der Waals surface area contributed by atoms with E-state index in [1.165, 1.54) is 12.1 Å². The van der Waals surface area contributed by atoms with E-state index in [0.29, 0.717) is 0 Å².